The third-order valence-electron chi connectivity index (χ3n) is 5.17. The summed E-state index contributed by atoms with van der Waals surface area (Å²) >= 11 is 0. The normalized spacial score (nSPS) is 15.3. The number of amides is 1. The lowest BCUT2D eigenvalue weighted by molar-refractivity contribution is -0.121. The highest BCUT2D eigenvalue weighted by atomic mass is 16.2. The van der Waals surface area contributed by atoms with Crippen LogP contribution in [0.1, 0.15) is 30.9 Å². The van der Waals surface area contributed by atoms with Crippen LogP contribution in [0, 0.1) is 0 Å². The molecule has 1 aliphatic rings. The zero-order chi connectivity index (χ0) is 18.8. The van der Waals surface area contributed by atoms with Crippen LogP contribution in [0.15, 0.2) is 42.7 Å². The fourth-order valence-corrected chi connectivity index (χ4v) is 3.48. The molecule has 1 atom stereocenters. The van der Waals surface area contributed by atoms with Crippen LogP contribution in [0.4, 0.5) is 5.69 Å². The maximum absolute atomic E-state index is 12.9. The molecule has 1 amide bonds. The van der Waals surface area contributed by atoms with Crippen LogP contribution in [0.25, 0.3) is 10.9 Å². The van der Waals surface area contributed by atoms with Crippen molar-refractivity contribution in [1.82, 2.24) is 19.9 Å². The van der Waals surface area contributed by atoms with E-state index >= 15 is 0 Å². The van der Waals surface area contributed by atoms with Gasteiger partial charge in [-0.05, 0) is 43.2 Å². The Morgan fingerprint density at radius 3 is 3.00 bits per heavy atom. The first kappa shape index (κ1) is 17.5. The molecular weight excluding hydrogens is 338 g/mol. The molecule has 1 aliphatic heterocycles. The summed E-state index contributed by atoms with van der Waals surface area (Å²) < 4.78 is 0. The van der Waals surface area contributed by atoms with Crippen LogP contribution in [0.5, 0.6) is 0 Å². The molecule has 6 heteroatoms. The second-order valence-corrected chi connectivity index (χ2v) is 6.87. The van der Waals surface area contributed by atoms with Gasteiger partial charge < -0.3 is 5.32 Å². The van der Waals surface area contributed by atoms with Crippen molar-refractivity contribution >= 4 is 22.5 Å². The predicted octanol–water partition coefficient (Wildman–Crippen LogP) is 2.97. The molecule has 0 saturated carbocycles. The van der Waals surface area contributed by atoms with Gasteiger partial charge in [0, 0.05) is 37.3 Å². The van der Waals surface area contributed by atoms with Crippen molar-refractivity contribution in [2.75, 3.05) is 11.9 Å². The molecule has 4 rings (SSSR count). The minimum absolute atomic E-state index is 0.0143. The molecule has 0 bridgehead atoms. The van der Waals surface area contributed by atoms with Gasteiger partial charge in [0.15, 0.2) is 0 Å². The SMILES string of the molecule is CCc1ncc2c(n1)CN(C(C)C(=O)Nc1cccc3ncccc13)CC2. The van der Waals surface area contributed by atoms with Gasteiger partial charge in [-0.3, -0.25) is 14.7 Å². The fraction of sp³-hybridized carbons (Fsp3) is 0.333. The fourth-order valence-electron chi connectivity index (χ4n) is 3.48. The lowest BCUT2D eigenvalue weighted by atomic mass is 10.0. The Morgan fingerprint density at radius 1 is 1.26 bits per heavy atom. The van der Waals surface area contributed by atoms with Gasteiger partial charge in [0.25, 0.3) is 0 Å². The number of aromatic nitrogens is 3. The average molecular weight is 361 g/mol. The molecule has 0 aliphatic carbocycles. The second-order valence-electron chi connectivity index (χ2n) is 6.87. The Kier molecular flexibility index (Phi) is 4.81. The van der Waals surface area contributed by atoms with E-state index in [2.05, 4.69) is 32.1 Å². The summed E-state index contributed by atoms with van der Waals surface area (Å²) in [5.41, 5.74) is 3.90. The number of carbonyl (C=O) groups is 1. The van der Waals surface area contributed by atoms with Gasteiger partial charge in [0.05, 0.1) is 22.9 Å². The monoisotopic (exact) mass is 361 g/mol. The molecule has 0 spiro atoms. The van der Waals surface area contributed by atoms with E-state index in [1.165, 1.54) is 5.56 Å². The Labute approximate surface area is 158 Å². The zero-order valence-corrected chi connectivity index (χ0v) is 15.6. The first-order valence-electron chi connectivity index (χ1n) is 9.38. The van der Waals surface area contributed by atoms with E-state index in [1.807, 2.05) is 43.5 Å². The standard InChI is InChI=1S/C21H23N5O/c1-3-20-23-12-15-9-11-26(13-19(15)24-20)14(2)21(27)25-18-8-4-7-17-16(18)6-5-10-22-17/h4-8,10,12,14H,3,9,11,13H2,1-2H3,(H,25,27). The van der Waals surface area contributed by atoms with Crippen molar-refractivity contribution in [1.29, 1.82) is 0 Å². The van der Waals surface area contributed by atoms with Crippen molar-refractivity contribution < 1.29 is 4.79 Å². The summed E-state index contributed by atoms with van der Waals surface area (Å²) in [7, 11) is 0. The van der Waals surface area contributed by atoms with E-state index < -0.39 is 0 Å². The molecule has 3 aromatic rings. The van der Waals surface area contributed by atoms with Gasteiger partial charge in [-0.1, -0.05) is 13.0 Å². The number of hydrogen-bond donors (Lipinski definition) is 1. The van der Waals surface area contributed by atoms with Crippen LogP contribution in [-0.4, -0.2) is 38.3 Å². The molecule has 2 aromatic heterocycles. The van der Waals surface area contributed by atoms with Crippen molar-refractivity contribution in [2.24, 2.45) is 0 Å². The Morgan fingerprint density at radius 2 is 2.15 bits per heavy atom. The summed E-state index contributed by atoms with van der Waals surface area (Å²) in [5, 5.41) is 4.02. The second kappa shape index (κ2) is 7.40. The summed E-state index contributed by atoms with van der Waals surface area (Å²) in [5.74, 6) is 0.843. The summed E-state index contributed by atoms with van der Waals surface area (Å²) in [6.45, 7) is 5.51. The van der Waals surface area contributed by atoms with Crippen LogP contribution < -0.4 is 5.32 Å². The number of aryl methyl sites for hydroxylation is 1. The zero-order valence-electron chi connectivity index (χ0n) is 15.6. The smallest absolute Gasteiger partial charge is 0.241 e. The minimum Gasteiger partial charge on any atom is -0.324 e. The number of nitrogens with zero attached hydrogens (tertiary/aromatic N) is 4. The van der Waals surface area contributed by atoms with Gasteiger partial charge in [0.2, 0.25) is 5.91 Å². The highest BCUT2D eigenvalue weighted by Crippen LogP contribution is 2.23. The van der Waals surface area contributed by atoms with E-state index in [0.717, 1.165) is 47.5 Å². The topological polar surface area (TPSA) is 71.0 Å². The molecule has 1 aromatic carbocycles. The molecule has 0 fully saturated rings. The van der Waals surface area contributed by atoms with Gasteiger partial charge in [-0.25, -0.2) is 9.97 Å². The van der Waals surface area contributed by atoms with Gasteiger partial charge in [-0.2, -0.15) is 0 Å². The highest BCUT2D eigenvalue weighted by Gasteiger charge is 2.26. The van der Waals surface area contributed by atoms with E-state index in [4.69, 9.17) is 0 Å². The van der Waals surface area contributed by atoms with Gasteiger partial charge >= 0.3 is 0 Å². The summed E-state index contributed by atoms with van der Waals surface area (Å²) in [6, 6.07) is 9.39. The van der Waals surface area contributed by atoms with Crippen molar-refractivity contribution in [3.63, 3.8) is 0 Å². The van der Waals surface area contributed by atoms with Crippen molar-refractivity contribution in [3.8, 4) is 0 Å². The largest absolute Gasteiger partial charge is 0.324 e. The van der Waals surface area contributed by atoms with E-state index in [9.17, 15) is 4.79 Å². The quantitative estimate of drug-likeness (QED) is 0.774. The number of benzene rings is 1. The number of fused-ring (bicyclic) bond motifs is 2. The number of nitrogens with one attached hydrogen (secondary N) is 1. The third-order valence-corrected chi connectivity index (χ3v) is 5.17. The molecule has 0 radical (unpaired) electrons. The van der Waals surface area contributed by atoms with E-state index in [1.54, 1.807) is 6.20 Å². The average Bonchev–Trinajstić information content (AvgIpc) is 2.72. The van der Waals surface area contributed by atoms with Crippen LogP contribution >= 0.6 is 0 Å². The Balaban J connectivity index is 1.51. The molecule has 6 nitrogen and oxygen atoms in total. The van der Waals surface area contributed by atoms with Crippen molar-refractivity contribution in [3.05, 3.63) is 59.8 Å². The lowest BCUT2D eigenvalue weighted by Gasteiger charge is -2.32. The maximum atomic E-state index is 12.9. The van der Waals surface area contributed by atoms with Gasteiger partial charge in [0.1, 0.15) is 5.82 Å². The molecule has 0 saturated heterocycles. The first-order chi connectivity index (χ1) is 13.2. The predicted molar refractivity (Wildman–Crippen MR) is 105 cm³/mol. The third kappa shape index (κ3) is 3.53. The van der Waals surface area contributed by atoms with Crippen LogP contribution in [-0.2, 0) is 24.2 Å². The van der Waals surface area contributed by atoms with Gasteiger partial charge in [-0.15, -0.1) is 0 Å². The Bertz CT molecular complexity index is 982. The molecule has 138 valence electrons. The van der Waals surface area contributed by atoms with Crippen molar-refractivity contribution in [2.45, 2.75) is 39.3 Å². The van der Waals surface area contributed by atoms with Crippen LogP contribution in [0.2, 0.25) is 0 Å². The Hall–Kier alpha value is -2.86. The summed E-state index contributed by atoms with van der Waals surface area (Å²) in [6.07, 6.45) is 5.38. The number of rotatable bonds is 4. The number of hydrogen-bond acceptors (Lipinski definition) is 5. The number of anilines is 1. The first-order valence-corrected chi connectivity index (χ1v) is 9.38. The van der Waals surface area contributed by atoms with E-state index in [-0.39, 0.29) is 11.9 Å². The molecule has 1 N–H and O–H groups in total. The molecular formula is C21H23N5O. The molecule has 27 heavy (non-hydrogen) atoms. The molecule has 3 heterocycles. The molecule has 1 unspecified atom stereocenters. The van der Waals surface area contributed by atoms with Crippen LogP contribution in [0.3, 0.4) is 0 Å². The minimum atomic E-state index is -0.245. The lowest BCUT2D eigenvalue weighted by Crippen LogP contribution is -2.44. The number of carbonyl (C=O) groups excluding carboxylic acids is 1. The highest BCUT2D eigenvalue weighted by molar-refractivity contribution is 6.02. The summed E-state index contributed by atoms with van der Waals surface area (Å²) in [4.78, 5) is 28.4. The van der Waals surface area contributed by atoms with E-state index in [0.29, 0.717) is 6.54 Å². The maximum Gasteiger partial charge on any atom is 0.241 e. The number of pyridine rings is 1.